The minimum absolute atomic E-state index is 0.170. The Labute approximate surface area is 216 Å². The topological polar surface area (TPSA) is 59.8 Å². The molecule has 0 unspecified atom stereocenters. The number of amides is 1. The van der Waals surface area contributed by atoms with Crippen LogP contribution in [0.2, 0.25) is 10.0 Å². The molecule has 0 radical (unpaired) electrons. The third-order valence-corrected chi connectivity index (χ3v) is 7.74. The number of halogens is 2. The summed E-state index contributed by atoms with van der Waals surface area (Å²) in [5, 5.41) is 15.3. The van der Waals surface area contributed by atoms with E-state index < -0.39 is 0 Å². The molecule has 1 N–H and O–H groups in total. The molecule has 34 heavy (non-hydrogen) atoms. The molecule has 0 aliphatic heterocycles. The number of nitrogens with one attached hydrogen (secondary N) is 1. The van der Waals surface area contributed by atoms with Gasteiger partial charge in [-0.05, 0) is 37.6 Å². The van der Waals surface area contributed by atoms with E-state index in [0.29, 0.717) is 27.4 Å². The van der Waals surface area contributed by atoms with Crippen molar-refractivity contribution in [3.63, 3.8) is 0 Å². The summed E-state index contributed by atoms with van der Waals surface area (Å²) in [6.45, 7) is 8.60. The Morgan fingerprint density at radius 2 is 1.91 bits per heavy atom. The predicted octanol–water partition coefficient (Wildman–Crippen LogP) is 7.51. The van der Waals surface area contributed by atoms with Crippen molar-refractivity contribution in [3.05, 3.63) is 81.0 Å². The van der Waals surface area contributed by atoms with Crippen LogP contribution in [-0.2, 0) is 11.3 Å². The van der Waals surface area contributed by atoms with Crippen LogP contribution in [0.3, 0.4) is 0 Å². The van der Waals surface area contributed by atoms with E-state index in [-0.39, 0.29) is 11.7 Å². The number of nitrogens with zero attached hydrogens (tertiary/aromatic N) is 3. The maximum absolute atomic E-state index is 12.5. The Morgan fingerprint density at radius 1 is 1.15 bits per heavy atom. The third-order valence-electron chi connectivity index (χ3n) is 5.12. The lowest BCUT2D eigenvalue weighted by Gasteiger charge is -2.10. The highest BCUT2D eigenvalue weighted by Gasteiger charge is 2.20. The molecule has 0 bridgehead atoms. The quantitative estimate of drug-likeness (QED) is 0.190. The zero-order valence-corrected chi connectivity index (χ0v) is 21.8. The van der Waals surface area contributed by atoms with E-state index in [1.54, 1.807) is 35.6 Å². The van der Waals surface area contributed by atoms with Gasteiger partial charge in [-0.2, -0.15) is 0 Å². The van der Waals surface area contributed by atoms with Crippen LogP contribution in [0.1, 0.15) is 10.4 Å². The van der Waals surface area contributed by atoms with Crippen molar-refractivity contribution in [2.75, 3.05) is 11.1 Å². The maximum atomic E-state index is 12.5. The van der Waals surface area contributed by atoms with Crippen molar-refractivity contribution in [2.45, 2.75) is 25.5 Å². The second kappa shape index (κ2) is 10.8. The molecular formula is C25H22Cl2N4OS2. The summed E-state index contributed by atoms with van der Waals surface area (Å²) in [4.78, 5) is 13.7. The van der Waals surface area contributed by atoms with Crippen LogP contribution < -0.4 is 5.32 Å². The van der Waals surface area contributed by atoms with Crippen LogP contribution in [0.25, 0.3) is 22.5 Å². The highest BCUT2D eigenvalue weighted by molar-refractivity contribution is 7.99. The van der Waals surface area contributed by atoms with Gasteiger partial charge in [0.25, 0.3) is 0 Å². The van der Waals surface area contributed by atoms with Gasteiger partial charge in [-0.1, -0.05) is 70.9 Å². The molecule has 4 aromatic rings. The van der Waals surface area contributed by atoms with Crippen LogP contribution in [0.15, 0.2) is 65.7 Å². The molecule has 4 rings (SSSR count). The normalized spacial score (nSPS) is 10.9. The van der Waals surface area contributed by atoms with Crippen molar-refractivity contribution in [1.82, 2.24) is 14.8 Å². The van der Waals surface area contributed by atoms with Gasteiger partial charge < -0.3 is 5.32 Å². The SMILES string of the molecule is C=CCn1c(SCC(=O)Nc2ccc(Cl)c(Cl)c2)nnc1-c1csc(C)c1-c1ccc(C)cc1. The number of thiophene rings is 1. The smallest absolute Gasteiger partial charge is 0.234 e. The van der Waals surface area contributed by atoms with Gasteiger partial charge in [0, 0.05) is 33.6 Å². The van der Waals surface area contributed by atoms with E-state index in [4.69, 9.17) is 23.2 Å². The Balaban J connectivity index is 1.57. The number of hydrogen-bond donors (Lipinski definition) is 1. The lowest BCUT2D eigenvalue weighted by Crippen LogP contribution is -2.14. The number of aryl methyl sites for hydroxylation is 2. The first-order chi connectivity index (χ1) is 16.4. The molecule has 2 aromatic heterocycles. The van der Waals surface area contributed by atoms with Gasteiger partial charge in [-0.15, -0.1) is 28.1 Å². The van der Waals surface area contributed by atoms with Crippen LogP contribution in [0.4, 0.5) is 5.69 Å². The number of thioether (sulfide) groups is 1. The van der Waals surface area contributed by atoms with E-state index in [1.807, 2.05) is 4.57 Å². The molecule has 0 saturated heterocycles. The van der Waals surface area contributed by atoms with Crippen LogP contribution in [0.5, 0.6) is 0 Å². The summed E-state index contributed by atoms with van der Waals surface area (Å²) in [6.07, 6.45) is 1.80. The fourth-order valence-corrected chi connectivity index (χ4v) is 5.40. The summed E-state index contributed by atoms with van der Waals surface area (Å²) in [5.74, 6) is 0.750. The molecule has 0 aliphatic rings. The second-order valence-electron chi connectivity index (χ2n) is 7.62. The molecule has 5 nitrogen and oxygen atoms in total. The molecular weight excluding hydrogens is 507 g/mol. The number of benzene rings is 2. The maximum Gasteiger partial charge on any atom is 0.234 e. The zero-order valence-electron chi connectivity index (χ0n) is 18.6. The number of rotatable bonds is 8. The van der Waals surface area contributed by atoms with Gasteiger partial charge in [-0.3, -0.25) is 9.36 Å². The van der Waals surface area contributed by atoms with Crippen molar-refractivity contribution < 1.29 is 4.79 Å². The molecule has 0 aliphatic carbocycles. The summed E-state index contributed by atoms with van der Waals surface area (Å²) in [7, 11) is 0. The first-order valence-corrected chi connectivity index (χ1v) is 13.1. The van der Waals surface area contributed by atoms with Crippen molar-refractivity contribution >= 4 is 57.9 Å². The number of aromatic nitrogens is 3. The number of hydrogen-bond acceptors (Lipinski definition) is 5. The van der Waals surface area contributed by atoms with Gasteiger partial charge in [-0.25, -0.2) is 0 Å². The first-order valence-electron chi connectivity index (χ1n) is 10.4. The molecule has 174 valence electrons. The summed E-state index contributed by atoms with van der Waals surface area (Å²) < 4.78 is 1.99. The van der Waals surface area contributed by atoms with Gasteiger partial charge in [0.15, 0.2) is 11.0 Å². The largest absolute Gasteiger partial charge is 0.325 e. The molecule has 0 atom stereocenters. The van der Waals surface area contributed by atoms with Crippen molar-refractivity contribution in [2.24, 2.45) is 0 Å². The Bertz CT molecular complexity index is 1350. The van der Waals surface area contributed by atoms with E-state index >= 15 is 0 Å². The zero-order chi connectivity index (χ0) is 24.2. The monoisotopic (exact) mass is 528 g/mol. The number of carbonyl (C=O) groups is 1. The molecule has 0 saturated carbocycles. The van der Waals surface area contributed by atoms with Crippen molar-refractivity contribution in [1.29, 1.82) is 0 Å². The highest BCUT2D eigenvalue weighted by atomic mass is 35.5. The lowest BCUT2D eigenvalue weighted by molar-refractivity contribution is -0.113. The van der Waals surface area contributed by atoms with Gasteiger partial charge in [0.05, 0.1) is 15.8 Å². The van der Waals surface area contributed by atoms with E-state index in [1.165, 1.54) is 22.2 Å². The molecule has 2 aromatic carbocycles. The predicted molar refractivity (Wildman–Crippen MR) is 144 cm³/mol. The fourth-order valence-electron chi connectivity index (χ4n) is 3.49. The lowest BCUT2D eigenvalue weighted by atomic mass is 10.0. The third kappa shape index (κ3) is 5.39. The van der Waals surface area contributed by atoms with Crippen LogP contribution >= 0.6 is 46.3 Å². The summed E-state index contributed by atoms with van der Waals surface area (Å²) >= 11 is 15.0. The number of carbonyl (C=O) groups excluding carboxylic acids is 1. The Hall–Kier alpha value is -2.58. The minimum atomic E-state index is -0.176. The van der Waals surface area contributed by atoms with Crippen LogP contribution in [0, 0.1) is 13.8 Å². The summed E-state index contributed by atoms with van der Waals surface area (Å²) in [5.41, 5.74) is 5.11. The standard InChI is InChI=1S/C25H22Cl2N4OS2/c1-4-11-31-24(19-13-33-16(3)23(19)17-7-5-15(2)6-8-17)29-30-25(31)34-14-22(32)28-18-9-10-20(26)21(27)12-18/h4-10,12-13H,1,11,14H2,2-3H3,(H,28,32). The first kappa shape index (κ1) is 24.5. The van der Waals surface area contributed by atoms with Gasteiger partial charge >= 0.3 is 0 Å². The van der Waals surface area contributed by atoms with Crippen molar-refractivity contribution in [3.8, 4) is 22.5 Å². The summed E-state index contributed by atoms with van der Waals surface area (Å²) in [6, 6.07) is 13.5. The highest BCUT2D eigenvalue weighted by Crippen LogP contribution is 2.39. The van der Waals surface area contributed by atoms with Gasteiger partial charge in [0.2, 0.25) is 5.91 Å². The second-order valence-corrected chi connectivity index (χ2v) is 10.5. The minimum Gasteiger partial charge on any atom is -0.325 e. The molecule has 0 fully saturated rings. The molecule has 9 heteroatoms. The average molecular weight is 530 g/mol. The van der Waals surface area contributed by atoms with Crippen LogP contribution in [-0.4, -0.2) is 26.4 Å². The Morgan fingerprint density at radius 3 is 2.62 bits per heavy atom. The van der Waals surface area contributed by atoms with E-state index in [9.17, 15) is 4.79 Å². The molecule has 1 amide bonds. The molecule has 0 spiro atoms. The van der Waals surface area contributed by atoms with E-state index in [2.05, 4.69) is 65.6 Å². The van der Waals surface area contributed by atoms with E-state index in [0.717, 1.165) is 22.5 Å². The number of allylic oxidation sites excluding steroid dienone is 1. The molecule has 2 heterocycles. The average Bonchev–Trinajstić information content (AvgIpc) is 3.39. The number of anilines is 1. The fraction of sp³-hybridized carbons (Fsp3) is 0.160. The van der Waals surface area contributed by atoms with Gasteiger partial charge in [0.1, 0.15) is 0 Å². The Kier molecular flexibility index (Phi) is 7.78.